The summed E-state index contributed by atoms with van der Waals surface area (Å²) in [6.45, 7) is 0. The van der Waals surface area contributed by atoms with Crippen LogP contribution in [0.5, 0.6) is 0 Å². The minimum atomic E-state index is -6.70. The van der Waals surface area contributed by atoms with Gasteiger partial charge in [0.1, 0.15) is 0 Å². The third-order valence-electron chi connectivity index (χ3n) is 2.09. The first-order chi connectivity index (χ1) is 13.5. The second-order valence-corrected chi connectivity index (χ2v) is 9.49. The molecule has 3 unspecified atom stereocenters. The first-order valence-corrected chi connectivity index (χ1v) is 10.7. The number of hydrogen-bond acceptors (Lipinski definition) is 6. The Kier molecular flexibility index (Phi) is 14.3. The molecule has 0 rings (SSSR count). The maximum absolute atomic E-state index is 11.5. The molecule has 28 heteroatoms. The van der Waals surface area contributed by atoms with Gasteiger partial charge in [-0.1, -0.05) is 0 Å². The van der Waals surface area contributed by atoms with Crippen LogP contribution < -0.4 is 14.7 Å². The average molecular weight is 806 g/mol. The fraction of sp³-hybridized carbons (Fsp3) is 1.00. The van der Waals surface area contributed by atoms with Crippen LogP contribution in [0.1, 0.15) is 0 Å². The van der Waals surface area contributed by atoms with E-state index < -0.39 is 58.3 Å². The zero-order chi connectivity index (χ0) is 28.5. The second-order valence-electron chi connectivity index (χ2n) is 4.68. The summed E-state index contributed by atoms with van der Waals surface area (Å²) in [6, 6.07) is 0. The van der Waals surface area contributed by atoms with Crippen molar-refractivity contribution in [3.8, 4) is 0 Å². The van der Waals surface area contributed by atoms with E-state index in [4.69, 9.17) is 14.7 Å². The Labute approximate surface area is 193 Å². The maximum atomic E-state index is 11.5. The zero-order valence-corrected chi connectivity index (χ0v) is 20.4. The monoisotopic (exact) mass is 806 g/mol. The zero-order valence-electron chi connectivity index (χ0n) is 14.2. The Bertz CT molecular complexity index is 682. The molecule has 0 amide bonds. The third-order valence-corrected chi connectivity index (χ3v) is 4.98. The van der Waals surface area contributed by atoms with Crippen LogP contribution in [-0.2, 0) is 13.7 Å². The van der Waals surface area contributed by atoms with Crippen LogP contribution in [0.25, 0.3) is 0 Å². The molecule has 0 aromatic rings. The molecule has 0 aromatic heterocycles. The molecule has 0 aliphatic rings. The molecular weight excluding hydrogens is 803 g/mol. The summed E-state index contributed by atoms with van der Waals surface area (Å²) in [5.74, 6) is 0. The molecule has 0 aliphatic carbocycles. The topological polar surface area (TPSA) is 181 Å². The normalized spacial score (nSPS) is 19.0. The van der Waals surface area contributed by atoms with Gasteiger partial charge in [0.15, 0.2) is 0 Å². The van der Waals surface area contributed by atoms with Crippen molar-refractivity contribution >= 4 is 49.0 Å². The molecule has 3 N–H and O–H groups in total. The first kappa shape index (κ1) is 41.4. The molecule has 3 atom stereocenters. The van der Waals surface area contributed by atoms with Crippen molar-refractivity contribution in [2.75, 3.05) is 0 Å². The minimum absolute atomic E-state index is 0. The smallest absolute Gasteiger partial charge is 0.774 e. The molecule has 0 spiro atoms. The minimum Gasteiger partial charge on any atom is -0.774 e. The molecule has 2 radical (unpaired) electrons. The standard InChI is InChI=1S/3C2H2F5O3P.Bi/c3*3-1(4,5)2(6,7)11(8,9)10;/h3*(H2,8,9,10);/q;;;+3/p-3. The number of halogens is 15. The van der Waals surface area contributed by atoms with Gasteiger partial charge in [0.2, 0.25) is 22.8 Å². The van der Waals surface area contributed by atoms with Crippen LogP contribution in [0, 0.1) is 0 Å². The molecule has 206 valence electrons. The predicted molar refractivity (Wildman–Crippen MR) is 68.2 cm³/mol. The van der Waals surface area contributed by atoms with E-state index >= 15 is 0 Å². The van der Waals surface area contributed by atoms with Crippen molar-refractivity contribution < 1.29 is 109 Å². The fourth-order valence-corrected chi connectivity index (χ4v) is 1.44. The van der Waals surface area contributed by atoms with Gasteiger partial charge >= 0.3 is 61.7 Å². The Morgan fingerprint density at radius 3 is 0.500 bits per heavy atom. The summed E-state index contributed by atoms with van der Waals surface area (Å²) < 4.78 is 197. The van der Waals surface area contributed by atoms with E-state index in [1.54, 1.807) is 0 Å². The second kappa shape index (κ2) is 11.8. The van der Waals surface area contributed by atoms with Crippen molar-refractivity contribution in [3.05, 3.63) is 0 Å². The third kappa shape index (κ3) is 10.7. The molecule has 0 aliphatic heterocycles. The largest absolute Gasteiger partial charge is 3.00 e. The van der Waals surface area contributed by atoms with Gasteiger partial charge in [-0.25, -0.2) is 0 Å². The molecule has 0 saturated heterocycles. The summed E-state index contributed by atoms with van der Waals surface area (Å²) >= 11 is 0. The van der Waals surface area contributed by atoms with Crippen LogP contribution in [0.4, 0.5) is 65.9 Å². The van der Waals surface area contributed by atoms with E-state index in [9.17, 15) is 94.2 Å². The molecule has 0 bridgehead atoms. The van der Waals surface area contributed by atoms with E-state index in [0.29, 0.717) is 0 Å². The van der Waals surface area contributed by atoms with Crippen LogP contribution in [-0.4, -0.2) is 76.4 Å². The van der Waals surface area contributed by atoms with Gasteiger partial charge < -0.3 is 43.1 Å². The van der Waals surface area contributed by atoms with Crippen LogP contribution in [0.15, 0.2) is 0 Å². The first-order valence-electron chi connectivity index (χ1n) is 5.95. The van der Waals surface area contributed by atoms with Crippen molar-refractivity contribution in [2.24, 2.45) is 0 Å². The predicted octanol–water partition coefficient (Wildman–Crippen LogP) is 1.68. The number of hydrogen-bond donors (Lipinski definition) is 3. The summed E-state index contributed by atoms with van der Waals surface area (Å²) in [5.41, 5.74) is -18.2. The van der Waals surface area contributed by atoms with Crippen LogP contribution in [0.3, 0.4) is 0 Å². The molecule has 34 heavy (non-hydrogen) atoms. The maximum Gasteiger partial charge on any atom is 3.00 e. The summed E-state index contributed by atoms with van der Waals surface area (Å²) in [4.78, 5) is 50.5. The SMILES string of the molecule is O=P([O-])(O)C(F)(F)C(F)(F)F.O=P([O-])(O)C(F)(F)C(F)(F)F.O=P([O-])(O)C(F)(F)C(F)(F)F.[Bi+3]. The molecule has 0 saturated carbocycles. The number of alkyl halides is 15. The Morgan fingerprint density at radius 2 is 0.500 bits per heavy atom. The van der Waals surface area contributed by atoms with Crippen LogP contribution >= 0.6 is 22.8 Å². The molecule has 0 fully saturated rings. The van der Waals surface area contributed by atoms with Crippen molar-refractivity contribution in [1.82, 2.24) is 0 Å². The van der Waals surface area contributed by atoms with E-state index in [2.05, 4.69) is 0 Å². The fourth-order valence-electron chi connectivity index (χ4n) is 0.481. The van der Waals surface area contributed by atoms with Crippen molar-refractivity contribution in [3.63, 3.8) is 0 Å². The van der Waals surface area contributed by atoms with Crippen molar-refractivity contribution in [1.29, 1.82) is 0 Å². The van der Waals surface area contributed by atoms with Gasteiger partial charge in [0.05, 0.1) is 0 Å². The van der Waals surface area contributed by atoms with Gasteiger partial charge in [-0.2, -0.15) is 65.9 Å². The van der Waals surface area contributed by atoms with Gasteiger partial charge in [0.25, 0.3) is 0 Å². The van der Waals surface area contributed by atoms with E-state index in [1.165, 1.54) is 0 Å². The average Bonchev–Trinajstić information content (AvgIpc) is 2.41. The van der Waals surface area contributed by atoms with Crippen molar-refractivity contribution in [2.45, 2.75) is 35.5 Å². The summed E-state index contributed by atoms with van der Waals surface area (Å²) in [7, 11) is -20.1. The quantitative estimate of drug-likeness (QED) is 0.217. The van der Waals surface area contributed by atoms with E-state index in [-0.39, 0.29) is 26.2 Å². The van der Waals surface area contributed by atoms with Gasteiger partial charge in [-0.05, 0) is 0 Å². The molecular formula is C6H3BiF15O9P3. The molecule has 0 heterocycles. The molecule has 9 nitrogen and oxygen atoms in total. The van der Waals surface area contributed by atoms with Crippen LogP contribution in [0.2, 0.25) is 0 Å². The van der Waals surface area contributed by atoms with Gasteiger partial charge in [-0.15, -0.1) is 0 Å². The Hall–Kier alpha value is 0.283. The Morgan fingerprint density at radius 1 is 0.412 bits per heavy atom. The Balaban J connectivity index is -0.000000196. The van der Waals surface area contributed by atoms with E-state index in [0.717, 1.165) is 0 Å². The van der Waals surface area contributed by atoms with E-state index in [1.807, 2.05) is 0 Å². The summed E-state index contributed by atoms with van der Waals surface area (Å²) in [6.07, 6.45) is -18.8. The summed E-state index contributed by atoms with van der Waals surface area (Å²) in [5, 5.41) is 0. The number of rotatable bonds is 3. The van der Waals surface area contributed by atoms with Gasteiger partial charge in [0, 0.05) is 0 Å². The molecule has 0 aromatic carbocycles. The van der Waals surface area contributed by atoms with Gasteiger partial charge in [-0.3, -0.25) is 0 Å².